The van der Waals surface area contributed by atoms with E-state index in [-0.39, 0.29) is 11.8 Å². The number of aromatic nitrogens is 2. The Morgan fingerprint density at radius 3 is 3.18 bits per heavy atom. The van der Waals surface area contributed by atoms with Gasteiger partial charge in [-0.2, -0.15) is 0 Å². The quantitative estimate of drug-likeness (QED) is 0.841. The number of likely N-dealkylation sites (tertiary alicyclic amines) is 1. The van der Waals surface area contributed by atoms with Crippen LogP contribution < -0.4 is 10.1 Å². The topological polar surface area (TPSA) is 67.3 Å². The second kappa shape index (κ2) is 7.33. The van der Waals surface area contributed by atoms with E-state index < -0.39 is 6.10 Å². The van der Waals surface area contributed by atoms with Gasteiger partial charge in [-0.05, 0) is 36.6 Å². The Hall–Kier alpha value is -2.18. The summed E-state index contributed by atoms with van der Waals surface area (Å²) in [4.78, 5) is 24.5. The van der Waals surface area contributed by atoms with Gasteiger partial charge in [-0.15, -0.1) is 0 Å². The van der Waals surface area contributed by atoms with Gasteiger partial charge in [-0.3, -0.25) is 4.79 Å². The molecule has 1 amide bonds. The zero-order chi connectivity index (χ0) is 19.1. The minimum absolute atomic E-state index is 0.0548. The molecule has 1 aromatic heterocycles. The molecule has 0 spiro atoms. The van der Waals surface area contributed by atoms with Crippen LogP contribution >= 0.6 is 11.6 Å². The molecule has 28 heavy (non-hydrogen) atoms. The zero-order valence-corrected chi connectivity index (χ0v) is 16.4. The Balaban J connectivity index is 1.29. The summed E-state index contributed by atoms with van der Waals surface area (Å²) in [5, 5.41) is 4.02. The molecule has 7 heteroatoms. The summed E-state index contributed by atoms with van der Waals surface area (Å²) in [7, 11) is 0. The number of amides is 1. The van der Waals surface area contributed by atoms with Crippen LogP contribution in [0, 0.1) is 0 Å². The number of hydrogen-bond donors (Lipinski definition) is 1. The molecule has 0 unspecified atom stereocenters. The molecule has 6 nitrogen and oxygen atoms in total. The molecule has 2 atom stereocenters. The Kier molecular flexibility index (Phi) is 4.69. The summed E-state index contributed by atoms with van der Waals surface area (Å²) in [5.74, 6) is 1.89. The molecule has 1 N–H and O–H groups in total. The number of hydrogen-bond acceptors (Lipinski definition) is 5. The van der Waals surface area contributed by atoms with Crippen molar-refractivity contribution in [2.24, 2.45) is 0 Å². The first kappa shape index (κ1) is 17.9. The molecular weight excluding hydrogens is 376 g/mol. The van der Waals surface area contributed by atoms with Gasteiger partial charge in [-0.25, -0.2) is 9.97 Å². The van der Waals surface area contributed by atoms with Crippen LogP contribution in [0.15, 0.2) is 24.4 Å². The maximum atomic E-state index is 13.1. The van der Waals surface area contributed by atoms with Gasteiger partial charge in [0.05, 0.1) is 0 Å². The van der Waals surface area contributed by atoms with Gasteiger partial charge in [0.25, 0.3) is 5.91 Å². The zero-order valence-electron chi connectivity index (χ0n) is 15.7. The first-order valence-electron chi connectivity index (χ1n) is 9.96. The van der Waals surface area contributed by atoms with E-state index in [1.807, 2.05) is 23.2 Å². The van der Waals surface area contributed by atoms with Crippen molar-refractivity contribution in [1.82, 2.24) is 20.2 Å². The van der Waals surface area contributed by atoms with Crippen molar-refractivity contribution < 1.29 is 9.53 Å². The standard InChI is InChI=1S/C21H23ClN4O2/c22-16-3-4-18-14(8-16)9-19(28-18)21(27)26-7-1-2-13(12-26)20-24-11-15-10-23-6-5-17(15)25-20/h3-4,8,11,13,19,23H,1-2,5-7,9-10,12H2/t13-,19-/m1/s1. The summed E-state index contributed by atoms with van der Waals surface area (Å²) in [6.45, 7) is 3.23. The normalized spacial score (nSPS) is 23.7. The SMILES string of the molecule is O=C([C@H]1Cc2cc(Cl)ccc2O1)N1CCC[C@@H](c2ncc3c(n2)CCNC3)C1. The van der Waals surface area contributed by atoms with Crippen molar-refractivity contribution in [1.29, 1.82) is 0 Å². The van der Waals surface area contributed by atoms with Gasteiger partial charge < -0.3 is 15.0 Å². The highest BCUT2D eigenvalue weighted by Gasteiger charge is 2.35. The molecule has 1 aromatic carbocycles. The molecule has 1 saturated heterocycles. The van der Waals surface area contributed by atoms with Crippen molar-refractivity contribution in [3.05, 3.63) is 52.1 Å². The molecule has 2 aromatic rings. The lowest BCUT2D eigenvalue weighted by atomic mass is 9.95. The largest absolute Gasteiger partial charge is 0.480 e. The monoisotopic (exact) mass is 398 g/mol. The van der Waals surface area contributed by atoms with Crippen molar-refractivity contribution in [3.63, 3.8) is 0 Å². The average Bonchev–Trinajstić information content (AvgIpc) is 3.16. The Bertz CT molecular complexity index is 919. The van der Waals surface area contributed by atoms with Crippen LogP contribution in [0.1, 0.15) is 41.4 Å². The van der Waals surface area contributed by atoms with E-state index >= 15 is 0 Å². The summed E-state index contributed by atoms with van der Waals surface area (Å²) in [6.07, 6.45) is 4.99. The van der Waals surface area contributed by atoms with Crippen LogP contribution in [-0.4, -0.2) is 46.5 Å². The van der Waals surface area contributed by atoms with Gasteiger partial charge in [0, 0.05) is 67.4 Å². The molecule has 0 bridgehead atoms. The van der Waals surface area contributed by atoms with Gasteiger partial charge in [0.1, 0.15) is 11.6 Å². The summed E-state index contributed by atoms with van der Waals surface area (Å²) in [5.41, 5.74) is 3.35. The molecule has 0 radical (unpaired) electrons. The number of carbonyl (C=O) groups is 1. The smallest absolute Gasteiger partial charge is 0.264 e. The van der Waals surface area contributed by atoms with E-state index in [9.17, 15) is 4.79 Å². The molecule has 4 heterocycles. The second-order valence-corrected chi connectivity index (χ2v) is 8.25. The maximum absolute atomic E-state index is 13.1. The fraction of sp³-hybridized carbons (Fsp3) is 0.476. The first-order valence-corrected chi connectivity index (χ1v) is 10.3. The Morgan fingerprint density at radius 1 is 1.32 bits per heavy atom. The Labute approximate surface area is 169 Å². The fourth-order valence-electron chi connectivity index (χ4n) is 4.39. The van der Waals surface area contributed by atoms with Gasteiger partial charge in [0.15, 0.2) is 6.10 Å². The summed E-state index contributed by atoms with van der Waals surface area (Å²) >= 11 is 6.07. The Morgan fingerprint density at radius 2 is 2.25 bits per heavy atom. The number of nitrogens with zero attached hydrogens (tertiary/aromatic N) is 3. The minimum Gasteiger partial charge on any atom is -0.480 e. The lowest BCUT2D eigenvalue weighted by Gasteiger charge is -2.33. The van der Waals surface area contributed by atoms with Crippen LogP contribution in [0.3, 0.4) is 0 Å². The highest BCUT2D eigenvalue weighted by molar-refractivity contribution is 6.30. The van der Waals surface area contributed by atoms with Crippen LogP contribution in [0.2, 0.25) is 5.02 Å². The van der Waals surface area contributed by atoms with Crippen molar-refractivity contribution in [3.8, 4) is 5.75 Å². The van der Waals surface area contributed by atoms with E-state index in [1.165, 1.54) is 5.56 Å². The van der Waals surface area contributed by atoms with Crippen LogP contribution in [0.5, 0.6) is 5.75 Å². The van der Waals surface area contributed by atoms with Gasteiger partial charge in [0.2, 0.25) is 0 Å². The lowest BCUT2D eigenvalue weighted by molar-refractivity contribution is -0.139. The predicted molar refractivity (Wildman–Crippen MR) is 106 cm³/mol. The number of halogens is 1. The van der Waals surface area contributed by atoms with Crippen molar-refractivity contribution in [2.45, 2.75) is 44.2 Å². The molecule has 3 aliphatic rings. The molecule has 5 rings (SSSR count). The number of nitrogens with one attached hydrogen (secondary N) is 1. The van der Waals surface area contributed by atoms with E-state index in [1.54, 1.807) is 6.07 Å². The van der Waals surface area contributed by atoms with Crippen molar-refractivity contribution >= 4 is 17.5 Å². The number of piperidine rings is 1. The lowest BCUT2D eigenvalue weighted by Crippen LogP contribution is -2.46. The third-order valence-electron chi connectivity index (χ3n) is 5.90. The fourth-order valence-corrected chi connectivity index (χ4v) is 4.59. The summed E-state index contributed by atoms with van der Waals surface area (Å²) in [6, 6.07) is 5.53. The van der Waals surface area contributed by atoms with E-state index in [0.717, 1.165) is 61.7 Å². The molecule has 146 valence electrons. The molecule has 0 aliphatic carbocycles. The van der Waals surface area contributed by atoms with Gasteiger partial charge >= 0.3 is 0 Å². The van der Waals surface area contributed by atoms with E-state index in [4.69, 9.17) is 21.3 Å². The molecule has 0 saturated carbocycles. The third-order valence-corrected chi connectivity index (χ3v) is 6.13. The molecule has 3 aliphatic heterocycles. The molecular formula is C21H23ClN4O2. The number of benzene rings is 1. The number of ether oxygens (including phenoxy) is 1. The van der Waals surface area contributed by atoms with Crippen LogP contribution in [0.25, 0.3) is 0 Å². The number of carbonyl (C=O) groups excluding carboxylic acids is 1. The number of rotatable bonds is 2. The third kappa shape index (κ3) is 3.35. The second-order valence-electron chi connectivity index (χ2n) is 7.81. The van der Waals surface area contributed by atoms with Crippen molar-refractivity contribution in [2.75, 3.05) is 19.6 Å². The van der Waals surface area contributed by atoms with Gasteiger partial charge in [-0.1, -0.05) is 11.6 Å². The molecule has 1 fully saturated rings. The average molecular weight is 399 g/mol. The minimum atomic E-state index is -0.456. The summed E-state index contributed by atoms with van der Waals surface area (Å²) < 4.78 is 5.90. The van der Waals surface area contributed by atoms with E-state index in [0.29, 0.717) is 18.0 Å². The predicted octanol–water partition coefficient (Wildman–Crippen LogP) is 2.49. The van der Waals surface area contributed by atoms with E-state index in [2.05, 4.69) is 10.3 Å². The number of fused-ring (bicyclic) bond motifs is 2. The first-order chi connectivity index (χ1) is 13.7. The maximum Gasteiger partial charge on any atom is 0.264 e. The van der Waals surface area contributed by atoms with Crippen LogP contribution in [-0.2, 0) is 24.2 Å². The highest BCUT2D eigenvalue weighted by atomic mass is 35.5. The highest BCUT2D eigenvalue weighted by Crippen LogP contribution is 2.33. The van der Waals surface area contributed by atoms with Crippen LogP contribution in [0.4, 0.5) is 0 Å².